The molecule has 0 aromatic heterocycles. The Balaban J connectivity index is 2.41. The van der Waals surface area contributed by atoms with Gasteiger partial charge in [-0.25, -0.2) is 0 Å². The predicted molar refractivity (Wildman–Crippen MR) is 70.6 cm³/mol. The lowest BCUT2D eigenvalue weighted by Gasteiger charge is -2.35. The summed E-state index contributed by atoms with van der Waals surface area (Å²) in [7, 11) is 0. The van der Waals surface area contributed by atoms with Crippen LogP contribution in [0.1, 0.15) is 40.5 Å². The van der Waals surface area contributed by atoms with E-state index in [4.69, 9.17) is 5.73 Å². The summed E-state index contributed by atoms with van der Waals surface area (Å²) in [5, 5.41) is 1.11. The van der Waals surface area contributed by atoms with E-state index in [1.165, 1.54) is 0 Å². The molecule has 0 spiro atoms. The second kappa shape index (κ2) is 5.41. The van der Waals surface area contributed by atoms with E-state index in [-0.39, 0.29) is 11.4 Å². The average Bonchev–Trinajstić information content (AvgIpc) is 2.11. The van der Waals surface area contributed by atoms with Gasteiger partial charge in [0.05, 0.1) is 0 Å². The molecule has 94 valence electrons. The van der Waals surface area contributed by atoms with Crippen molar-refractivity contribution in [3.63, 3.8) is 0 Å². The molecule has 0 bridgehead atoms. The maximum absolute atomic E-state index is 12.0. The van der Waals surface area contributed by atoms with Crippen LogP contribution in [0.5, 0.6) is 0 Å². The monoisotopic (exact) mass is 244 g/mol. The molecular weight excluding hydrogens is 220 g/mol. The number of carbonyl (C=O) groups excluding carboxylic acids is 1. The Hall–Kier alpha value is -0.220. The molecule has 1 aliphatic rings. The largest absolute Gasteiger partial charge is 0.341 e. The zero-order valence-corrected chi connectivity index (χ0v) is 11.6. The van der Waals surface area contributed by atoms with Crippen LogP contribution in [-0.2, 0) is 4.79 Å². The summed E-state index contributed by atoms with van der Waals surface area (Å²) in [5.41, 5.74) is 5.65. The molecule has 0 saturated carbocycles. The fourth-order valence-electron chi connectivity index (χ4n) is 1.97. The first-order valence-corrected chi connectivity index (χ1v) is 6.94. The van der Waals surface area contributed by atoms with Crippen molar-refractivity contribution >= 4 is 17.7 Å². The molecule has 1 fully saturated rings. The molecule has 2 atom stereocenters. The van der Waals surface area contributed by atoms with Gasteiger partial charge >= 0.3 is 0 Å². The number of carbonyl (C=O) groups is 1. The molecule has 3 nitrogen and oxygen atoms in total. The van der Waals surface area contributed by atoms with E-state index in [9.17, 15) is 4.79 Å². The first kappa shape index (κ1) is 13.8. The van der Waals surface area contributed by atoms with E-state index in [1.807, 2.05) is 30.5 Å². The fraction of sp³-hybridized carbons (Fsp3) is 0.917. The minimum absolute atomic E-state index is 0.239. The lowest BCUT2D eigenvalue weighted by Crippen LogP contribution is -2.44. The van der Waals surface area contributed by atoms with Crippen molar-refractivity contribution < 1.29 is 4.79 Å². The molecule has 1 aliphatic heterocycles. The first-order valence-electron chi connectivity index (χ1n) is 6.00. The van der Waals surface area contributed by atoms with E-state index in [1.54, 1.807) is 0 Å². The van der Waals surface area contributed by atoms with Gasteiger partial charge in [-0.05, 0) is 20.3 Å². The van der Waals surface area contributed by atoms with Crippen molar-refractivity contribution in [1.29, 1.82) is 0 Å². The standard InChI is InChI=1S/C12H24N2OS/c1-9-7-14(8-10(2)16-9)11(15)5-6-12(3,4)13/h9-10H,5-8,13H2,1-4H3. The summed E-state index contributed by atoms with van der Waals surface area (Å²) in [6, 6.07) is 0. The molecule has 2 unspecified atom stereocenters. The highest BCUT2D eigenvalue weighted by molar-refractivity contribution is 8.00. The molecule has 0 aromatic carbocycles. The lowest BCUT2D eigenvalue weighted by molar-refractivity contribution is -0.131. The van der Waals surface area contributed by atoms with Crippen molar-refractivity contribution in [2.24, 2.45) is 5.73 Å². The summed E-state index contributed by atoms with van der Waals surface area (Å²) in [6.07, 6.45) is 1.34. The van der Waals surface area contributed by atoms with Gasteiger partial charge in [0.25, 0.3) is 0 Å². The summed E-state index contributed by atoms with van der Waals surface area (Å²) in [4.78, 5) is 14.0. The van der Waals surface area contributed by atoms with Crippen molar-refractivity contribution in [2.45, 2.75) is 56.6 Å². The number of hydrogen-bond acceptors (Lipinski definition) is 3. The molecule has 1 rings (SSSR count). The zero-order valence-electron chi connectivity index (χ0n) is 10.8. The quantitative estimate of drug-likeness (QED) is 0.824. The highest BCUT2D eigenvalue weighted by Crippen LogP contribution is 2.25. The van der Waals surface area contributed by atoms with Gasteiger partial charge in [-0.15, -0.1) is 0 Å². The molecule has 1 saturated heterocycles. The Morgan fingerprint density at radius 1 is 1.38 bits per heavy atom. The minimum atomic E-state index is -0.239. The van der Waals surface area contributed by atoms with Crippen LogP contribution in [0.2, 0.25) is 0 Å². The SMILES string of the molecule is CC1CN(C(=O)CCC(C)(C)N)CC(C)S1. The molecule has 1 amide bonds. The fourth-order valence-corrected chi connectivity index (χ4v) is 3.29. The van der Waals surface area contributed by atoms with Gasteiger partial charge in [-0.3, -0.25) is 4.79 Å². The third kappa shape index (κ3) is 4.74. The molecule has 0 aliphatic carbocycles. The van der Waals surface area contributed by atoms with Crippen molar-refractivity contribution in [3.05, 3.63) is 0 Å². The number of nitrogens with zero attached hydrogens (tertiary/aromatic N) is 1. The Morgan fingerprint density at radius 2 is 1.88 bits per heavy atom. The van der Waals surface area contributed by atoms with E-state index in [0.29, 0.717) is 16.9 Å². The summed E-state index contributed by atoms with van der Waals surface area (Å²) < 4.78 is 0. The third-order valence-electron chi connectivity index (χ3n) is 2.76. The van der Waals surface area contributed by atoms with Crippen LogP contribution in [0.3, 0.4) is 0 Å². The lowest BCUT2D eigenvalue weighted by atomic mass is 9.99. The van der Waals surface area contributed by atoms with Gasteiger partial charge in [0.1, 0.15) is 0 Å². The second-order valence-corrected chi connectivity index (χ2v) is 7.43. The van der Waals surface area contributed by atoms with Crippen molar-refractivity contribution in [2.75, 3.05) is 13.1 Å². The van der Waals surface area contributed by atoms with Gasteiger partial charge in [0.2, 0.25) is 5.91 Å². The number of amides is 1. The first-order chi connectivity index (χ1) is 7.28. The maximum Gasteiger partial charge on any atom is 0.222 e. The summed E-state index contributed by atoms with van der Waals surface area (Å²) in [6.45, 7) is 10.1. The summed E-state index contributed by atoms with van der Waals surface area (Å²) in [5.74, 6) is 0.262. The highest BCUT2D eigenvalue weighted by atomic mass is 32.2. The van der Waals surface area contributed by atoms with Gasteiger partial charge in [-0.1, -0.05) is 13.8 Å². The molecule has 2 N–H and O–H groups in total. The molecule has 0 radical (unpaired) electrons. The predicted octanol–water partition coefficient (Wildman–Crippen LogP) is 1.86. The third-order valence-corrected chi connectivity index (χ3v) is 3.98. The number of thioether (sulfide) groups is 1. The van der Waals surface area contributed by atoms with Crippen LogP contribution in [0.4, 0.5) is 0 Å². The smallest absolute Gasteiger partial charge is 0.222 e. The van der Waals surface area contributed by atoms with Crippen LogP contribution in [0.15, 0.2) is 0 Å². The number of hydrogen-bond donors (Lipinski definition) is 1. The van der Waals surface area contributed by atoms with Crippen LogP contribution >= 0.6 is 11.8 Å². The molecule has 4 heteroatoms. The van der Waals surface area contributed by atoms with Gasteiger partial charge < -0.3 is 10.6 Å². The van der Waals surface area contributed by atoms with Gasteiger partial charge in [-0.2, -0.15) is 11.8 Å². The van der Waals surface area contributed by atoms with Crippen molar-refractivity contribution in [3.8, 4) is 0 Å². The van der Waals surface area contributed by atoms with Crippen LogP contribution in [-0.4, -0.2) is 39.9 Å². The van der Waals surface area contributed by atoms with Gasteiger partial charge in [0, 0.05) is 35.5 Å². The number of nitrogens with two attached hydrogens (primary N) is 1. The normalized spacial score (nSPS) is 26.9. The van der Waals surface area contributed by atoms with E-state index >= 15 is 0 Å². The Labute approximate surface area is 103 Å². The zero-order chi connectivity index (χ0) is 12.3. The van der Waals surface area contributed by atoms with Crippen LogP contribution in [0, 0.1) is 0 Å². The van der Waals surface area contributed by atoms with Crippen molar-refractivity contribution in [1.82, 2.24) is 4.90 Å². The Morgan fingerprint density at radius 3 is 2.31 bits per heavy atom. The van der Waals surface area contributed by atoms with Crippen LogP contribution in [0.25, 0.3) is 0 Å². The minimum Gasteiger partial charge on any atom is -0.341 e. The molecular formula is C12H24N2OS. The molecule has 0 aromatic rings. The average molecular weight is 244 g/mol. The van der Waals surface area contributed by atoms with E-state index in [2.05, 4.69) is 13.8 Å². The van der Waals surface area contributed by atoms with E-state index < -0.39 is 0 Å². The highest BCUT2D eigenvalue weighted by Gasteiger charge is 2.26. The summed E-state index contributed by atoms with van der Waals surface area (Å²) >= 11 is 1.97. The van der Waals surface area contributed by atoms with E-state index in [0.717, 1.165) is 19.5 Å². The topological polar surface area (TPSA) is 46.3 Å². The molecule has 16 heavy (non-hydrogen) atoms. The number of rotatable bonds is 3. The second-order valence-electron chi connectivity index (χ2n) is 5.54. The Kier molecular flexibility index (Phi) is 4.68. The van der Waals surface area contributed by atoms with Crippen LogP contribution < -0.4 is 5.73 Å². The Bertz CT molecular complexity index is 240. The van der Waals surface area contributed by atoms with Gasteiger partial charge in [0.15, 0.2) is 0 Å². The maximum atomic E-state index is 12.0. The molecule has 1 heterocycles.